The van der Waals surface area contributed by atoms with Gasteiger partial charge in [-0.05, 0) is 13.8 Å². The van der Waals surface area contributed by atoms with Crippen LogP contribution in [0, 0.1) is 0 Å². The predicted octanol–water partition coefficient (Wildman–Crippen LogP) is 1.10. The summed E-state index contributed by atoms with van der Waals surface area (Å²) in [7, 11) is 1.60. The van der Waals surface area contributed by atoms with Crippen molar-refractivity contribution in [3.63, 3.8) is 0 Å². The molecule has 0 atom stereocenters. The Morgan fingerprint density at radius 1 is 1.55 bits per heavy atom. The highest BCUT2D eigenvalue weighted by atomic mass is 16.6. The summed E-state index contributed by atoms with van der Waals surface area (Å²) in [6.07, 6.45) is 1.06. The maximum Gasteiger partial charge on any atom is 0.106 e. The van der Waals surface area contributed by atoms with Crippen LogP contribution in [0.4, 0.5) is 0 Å². The van der Waals surface area contributed by atoms with Gasteiger partial charge in [-0.25, -0.2) is 0 Å². The van der Waals surface area contributed by atoms with E-state index in [-0.39, 0.29) is 0 Å². The fraction of sp³-hybridized carbons (Fsp3) is 0.875. The number of nitrogens with zero attached hydrogens (tertiary/aromatic N) is 2. The van der Waals surface area contributed by atoms with Crippen LogP contribution in [-0.2, 0) is 4.84 Å². The number of likely N-dealkylation sites (tertiary alicyclic amines) is 1. The van der Waals surface area contributed by atoms with E-state index in [4.69, 9.17) is 4.84 Å². The van der Waals surface area contributed by atoms with Gasteiger partial charge in [-0.1, -0.05) is 5.16 Å². The Balaban J connectivity index is 2.40. The van der Waals surface area contributed by atoms with Gasteiger partial charge < -0.3 is 4.84 Å². The Labute approximate surface area is 68.0 Å². The van der Waals surface area contributed by atoms with E-state index in [0.717, 1.165) is 19.5 Å². The molecule has 0 aliphatic carbocycles. The van der Waals surface area contributed by atoms with Gasteiger partial charge in [0.25, 0.3) is 0 Å². The van der Waals surface area contributed by atoms with Crippen molar-refractivity contribution in [3.05, 3.63) is 0 Å². The smallest absolute Gasteiger partial charge is 0.106 e. The normalized spacial score (nSPS) is 23.5. The van der Waals surface area contributed by atoms with Gasteiger partial charge in [0.15, 0.2) is 0 Å². The minimum absolute atomic E-state index is 0.625. The van der Waals surface area contributed by atoms with Crippen LogP contribution in [0.5, 0.6) is 0 Å². The summed E-state index contributed by atoms with van der Waals surface area (Å²) in [6.45, 7) is 6.51. The van der Waals surface area contributed by atoms with Crippen molar-refractivity contribution in [1.82, 2.24) is 4.90 Å². The van der Waals surface area contributed by atoms with Gasteiger partial charge in [-0.3, -0.25) is 4.90 Å². The standard InChI is InChI=1S/C8H16N2O/c1-7(2)10-5-4-8(6-10)9-11-3/h7H,4-6H2,1-3H3/b9-8+. The summed E-state index contributed by atoms with van der Waals surface area (Å²) in [5.41, 5.74) is 1.17. The molecule has 0 unspecified atom stereocenters. The van der Waals surface area contributed by atoms with Crippen LogP contribution in [0.2, 0.25) is 0 Å². The van der Waals surface area contributed by atoms with Gasteiger partial charge in [0.05, 0.1) is 5.71 Å². The van der Waals surface area contributed by atoms with Crippen molar-refractivity contribution in [2.75, 3.05) is 20.2 Å². The van der Waals surface area contributed by atoms with Crippen molar-refractivity contribution < 1.29 is 4.84 Å². The van der Waals surface area contributed by atoms with Crippen LogP contribution < -0.4 is 0 Å². The molecule has 1 aliphatic rings. The molecule has 1 heterocycles. The molecule has 1 fully saturated rings. The molecular weight excluding hydrogens is 140 g/mol. The molecule has 11 heavy (non-hydrogen) atoms. The van der Waals surface area contributed by atoms with Crippen molar-refractivity contribution in [2.45, 2.75) is 26.3 Å². The lowest BCUT2D eigenvalue weighted by Crippen LogP contribution is -2.28. The fourth-order valence-electron chi connectivity index (χ4n) is 1.31. The Kier molecular flexibility index (Phi) is 2.88. The summed E-state index contributed by atoms with van der Waals surface area (Å²) in [5.74, 6) is 0. The Hall–Kier alpha value is -0.570. The van der Waals surface area contributed by atoms with E-state index >= 15 is 0 Å². The largest absolute Gasteiger partial charge is 0.399 e. The highest BCUT2D eigenvalue weighted by Gasteiger charge is 2.20. The van der Waals surface area contributed by atoms with E-state index in [1.165, 1.54) is 5.71 Å². The topological polar surface area (TPSA) is 24.8 Å². The average molecular weight is 156 g/mol. The second-order valence-corrected chi connectivity index (χ2v) is 3.15. The molecule has 0 bridgehead atoms. The predicted molar refractivity (Wildman–Crippen MR) is 45.8 cm³/mol. The van der Waals surface area contributed by atoms with Gasteiger partial charge in [-0.15, -0.1) is 0 Å². The summed E-state index contributed by atoms with van der Waals surface area (Å²) >= 11 is 0. The lowest BCUT2D eigenvalue weighted by atomic mass is 10.3. The maximum atomic E-state index is 4.72. The van der Waals surface area contributed by atoms with Gasteiger partial charge in [-0.2, -0.15) is 0 Å². The molecule has 0 saturated carbocycles. The first-order valence-electron chi connectivity index (χ1n) is 4.07. The minimum atomic E-state index is 0.625. The van der Waals surface area contributed by atoms with E-state index in [1.54, 1.807) is 7.11 Å². The average Bonchev–Trinajstić information content (AvgIpc) is 2.37. The fourth-order valence-corrected chi connectivity index (χ4v) is 1.31. The SMILES string of the molecule is CO/N=C1\CCN(C(C)C)C1. The van der Waals surface area contributed by atoms with Crippen LogP contribution in [0.25, 0.3) is 0 Å². The molecule has 1 saturated heterocycles. The van der Waals surface area contributed by atoms with E-state index < -0.39 is 0 Å². The lowest BCUT2D eigenvalue weighted by Gasteiger charge is -2.17. The van der Waals surface area contributed by atoms with Crippen LogP contribution in [0.1, 0.15) is 20.3 Å². The molecule has 0 amide bonds. The molecule has 0 aromatic rings. The third-order valence-corrected chi connectivity index (χ3v) is 2.02. The van der Waals surface area contributed by atoms with Crippen LogP contribution in [0.15, 0.2) is 5.16 Å². The quantitative estimate of drug-likeness (QED) is 0.559. The van der Waals surface area contributed by atoms with Crippen molar-refractivity contribution in [1.29, 1.82) is 0 Å². The number of oxime groups is 1. The van der Waals surface area contributed by atoms with Crippen molar-refractivity contribution in [2.24, 2.45) is 5.16 Å². The number of hydrogen-bond donors (Lipinski definition) is 0. The number of hydrogen-bond acceptors (Lipinski definition) is 3. The molecular formula is C8H16N2O. The molecule has 0 spiro atoms. The van der Waals surface area contributed by atoms with Gasteiger partial charge >= 0.3 is 0 Å². The van der Waals surface area contributed by atoms with Crippen LogP contribution >= 0.6 is 0 Å². The zero-order valence-corrected chi connectivity index (χ0v) is 7.50. The second-order valence-electron chi connectivity index (χ2n) is 3.15. The first-order valence-corrected chi connectivity index (χ1v) is 4.07. The van der Waals surface area contributed by atoms with Gasteiger partial charge in [0, 0.05) is 25.6 Å². The molecule has 3 nitrogen and oxygen atoms in total. The molecule has 1 rings (SSSR count). The van der Waals surface area contributed by atoms with Gasteiger partial charge in [0.2, 0.25) is 0 Å². The Morgan fingerprint density at radius 3 is 2.73 bits per heavy atom. The first-order chi connectivity index (χ1) is 5.24. The Morgan fingerprint density at radius 2 is 2.27 bits per heavy atom. The van der Waals surface area contributed by atoms with Crippen LogP contribution in [0.3, 0.4) is 0 Å². The molecule has 0 N–H and O–H groups in total. The molecule has 1 aliphatic heterocycles. The summed E-state index contributed by atoms with van der Waals surface area (Å²) < 4.78 is 0. The lowest BCUT2D eigenvalue weighted by molar-refractivity contribution is 0.211. The molecule has 0 aromatic heterocycles. The van der Waals surface area contributed by atoms with E-state index in [0.29, 0.717) is 6.04 Å². The van der Waals surface area contributed by atoms with Gasteiger partial charge in [0.1, 0.15) is 7.11 Å². The monoisotopic (exact) mass is 156 g/mol. The first kappa shape index (κ1) is 8.53. The number of rotatable bonds is 2. The molecule has 3 heteroatoms. The summed E-state index contributed by atoms with van der Waals surface area (Å²) in [4.78, 5) is 7.10. The van der Waals surface area contributed by atoms with Crippen molar-refractivity contribution >= 4 is 5.71 Å². The summed E-state index contributed by atoms with van der Waals surface area (Å²) in [6, 6.07) is 0.625. The highest BCUT2D eigenvalue weighted by molar-refractivity contribution is 5.87. The zero-order valence-electron chi connectivity index (χ0n) is 7.50. The molecule has 0 aromatic carbocycles. The van der Waals surface area contributed by atoms with E-state index in [1.807, 2.05) is 0 Å². The molecule has 64 valence electrons. The zero-order chi connectivity index (χ0) is 8.27. The third kappa shape index (κ3) is 2.19. The van der Waals surface area contributed by atoms with Crippen molar-refractivity contribution in [3.8, 4) is 0 Å². The second kappa shape index (κ2) is 3.72. The Bertz CT molecular complexity index is 154. The van der Waals surface area contributed by atoms with E-state index in [9.17, 15) is 0 Å². The third-order valence-electron chi connectivity index (χ3n) is 2.02. The maximum absolute atomic E-state index is 4.72. The summed E-state index contributed by atoms with van der Waals surface area (Å²) in [5, 5.41) is 3.93. The molecule has 0 radical (unpaired) electrons. The van der Waals surface area contributed by atoms with E-state index in [2.05, 4.69) is 23.9 Å². The minimum Gasteiger partial charge on any atom is -0.399 e. The van der Waals surface area contributed by atoms with Crippen LogP contribution in [-0.4, -0.2) is 36.9 Å². The highest BCUT2D eigenvalue weighted by Crippen LogP contribution is 2.09.